The fourth-order valence-corrected chi connectivity index (χ4v) is 1.40. The number of nitrogens with one attached hydrogen (secondary N) is 1. The van der Waals surface area contributed by atoms with E-state index >= 15 is 0 Å². The molecule has 0 aliphatic rings. The van der Waals surface area contributed by atoms with Crippen LogP contribution in [0, 0.1) is 6.92 Å². The Balaban J connectivity index is 2.15. The van der Waals surface area contributed by atoms with Gasteiger partial charge in [-0.3, -0.25) is 0 Å². The van der Waals surface area contributed by atoms with Crippen molar-refractivity contribution in [3.05, 3.63) is 48.2 Å². The Labute approximate surface area is 92.0 Å². The Morgan fingerprint density at radius 1 is 1.40 bits per heavy atom. The molecule has 82 valence electrons. The number of ether oxygens (including phenoxy) is 1. The van der Waals surface area contributed by atoms with Crippen LogP contribution < -0.4 is 5.32 Å². The molecular formula is C13H19NO. The van der Waals surface area contributed by atoms with Gasteiger partial charge in [0.05, 0.1) is 12.9 Å². The predicted octanol–water partition coefficient (Wildman–Crippen LogP) is 2.63. The Kier molecular flexibility index (Phi) is 5.56. The molecule has 0 saturated carbocycles. The standard InChI is InChI=1S/C13H19NO/c1-3-15-10-6-9-14-11-13-8-5-4-7-12(13)2/h3-5,7-8,14H,1,6,9-11H2,2H3. The van der Waals surface area contributed by atoms with Crippen molar-refractivity contribution in [3.8, 4) is 0 Å². The highest BCUT2D eigenvalue weighted by molar-refractivity contribution is 5.25. The van der Waals surface area contributed by atoms with Gasteiger partial charge >= 0.3 is 0 Å². The first-order valence-electron chi connectivity index (χ1n) is 5.32. The highest BCUT2D eigenvalue weighted by Gasteiger charge is 1.95. The molecule has 0 amide bonds. The van der Waals surface area contributed by atoms with Crippen molar-refractivity contribution < 1.29 is 4.74 Å². The van der Waals surface area contributed by atoms with Crippen LogP contribution in [-0.2, 0) is 11.3 Å². The molecule has 2 heteroatoms. The van der Waals surface area contributed by atoms with Gasteiger partial charge in [0.15, 0.2) is 0 Å². The van der Waals surface area contributed by atoms with Crippen molar-refractivity contribution >= 4 is 0 Å². The maximum absolute atomic E-state index is 5.03. The smallest absolute Gasteiger partial charge is 0.0885 e. The lowest BCUT2D eigenvalue weighted by atomic mass is 10.1. The van der Waals surface area contributed by atoms with Gasteiger partial charge in [0.2, 0.25) is 0 Å². The summed E-state index contributed by atoms with van der Waals surface area (Å²) >= 11 is 0. The van der Waals surface area contributed by atoms with E-state index in [9.17, 15) is 0 Å². The third-order valence-corrected chi connectivity index (χ3v) is 2.31. The molecule has 0 unspecified atom stereocenters. The van der Waals surface area contributed by atoms with E-state index < -0.39 is 0 Å². The molecule has 0 saturated heterocycles. The van der Waals surface area contributed by atoms with E-state index in [1.54, 1.807) is 0 Å². The number of benzene rings is 1. The van der Waals surface area contributed by atoms with Crippen molar-refractivity contribution in [3.63, 3.8) is 0 Å². The fraction of sp³-hybridized carbons (Fsp3) is 0.385. The van der Waals surface area contributed by atoms with Gasteiger partial charge in [0.25, 0.3) is 0 Å². The Morgan fingerprint density at radius 3 is 2.93 bits per heavy atom. The zero-order chi connectivity index (χ0) is 10.9. The van der Waals surface area contributed by atoms with Crippen molar-refractivity contribution in [1.82, 2.24) is 5.32 Å². The molecule has 2 nitrogen and oxygen atoms in total. The van der Waals surface area contributed by atoms with E-state index in [1.807, 2.05) is 0 Å². The van der Waals surface area contributed by atoms with Crippen LogP contribution in [0.1, 0.15) is 17.5 Å². The minimum absolute atomic E-state index is 0.740. The van der Waals surface area contributed by atoms with E-state index in [0.717, 1.165) is 26.1 Å². The van der Waals surface area contributed by atoms with Crippen molar-refractivity contribution in [2.24, 2.45) is 0 Å². The maximum Gasteiger partial charge on any atom is 0.0885 e. The van der Waals surface area contributed by atoms with Crippen LogP contribution in [0.15, 0.2) is 37.1 Å². The van der Waals surface area contributed by atoms with Crippen LogP contribution in [0.4, 0.5) is 0 Å². The minimum atomic E-state index is 0.740. The molecule has 0 aliphatic heterocycles. The van der Waals surface area contributed by atoms with Gasteiger partial charge in [0.1, 0.15) is 0 Å². The molecule has 1 aromatic carbocycles. The summed E-state index contributed by atoms with van der Waals surface area (Å²) in [6.45, 7) is 8.28. The first-order chi connectivity index (χ1) is 7.34. The number of hydrogen-bond donors (Lipinski definition) is 1. The van der Waals surface area contributed by atoms with Crippen molar-refractivity contribution in [1.29, 1.82) is 0 Å². The zero-order valence-electron chi connectivity index (χ0n) is 9.33. The number of aryl methyl sites for hydroxylation is 1. The molecule has 0 bridgehead atoms. The number of hydrogen-bond acceptors (Lipinski definition) is 2. The third kappa shape index (κ3) is 4.66. The zero-order valence-corrected chi connectivity index (χ0v) is 9.33. The highest BCUT2D eigenvalue weighted by Crippen LogP contribution is 2.05. The fourth-order valence-electron chi connectivity index (χ4n) is 1.40. The Hall–Kier alpha value is -1.28. The van der Waals surface area contributed by atoms with Gasteiger partial charge in [0, 0.05) is 6.54 Å². The predicted molar refractivity (Wildman–Crippen MR) is 63.7 cm³/mol. The average molecular weight is 205 g/mol. The number of rotatable bonds is 7. The Bertz CT molecular complexity index is 296. The molecule has 0 aromatic heterocycles. The molecule has 0 heterocycles. The maximum atomic E-state index is 5.03. The summed E-state index contributed by atoms with van der Waals surface area (Å²) in [7, 11) is 0. The third-order valence-electron chi connectivity index (χ3n) is 2.31. The molecule has 15 heavy (non-hydrogen) atoms. The lowest BCUT2D eigenvalue weighted by Gasteiger charge is -2.07. The normalized spacial score (nSPS) is 9.93. The van der Waals surface area contributed by atoms with Crippen molar-refractivity contribution in [2.45, 2.75) is 19.9 Å². The van der Waals surface area contributed by atoms with Gasteiger partial charge in [-0.2, -0.15) is 0 Å². The average Bonchev–Trinajstić information content (AvgIpc) is 2.25. The molecular weight excluding hydrogens is 186 g/mol. The second-order valence-electron chi connectivity index (χ2n) is 3.49. The van der Waals surface area contributed by atoms with E-state index in [0.29, 0.717) is 0 Å². The first kappa shape index (κ1) is 11.8. The molecule has 0 fully saturated rings. The molecule has 1 rings (SSSR count). The molecule has 0 atom stereocenters. The summed E-state index contributed by atoms with van der Waals surface area (Å²) in [6.07, 6.45) is 2.50. The van der Waals surface area contributed by atoms with Crippen LogP contribution in [-0.4, -0.2) is 13.2 Å². The lowest BCUT2D eigenvalue weighted by molar-refractivity contribution is 0.244. The van der Waals surface area contributed by atoms with E-state index in [2.05, 4.69) is 43.1 Å². The summed E-state index contributed by atoms with van der Waals surface area (Å²) in [5.74, 6) is 0. The summed E-state index contributed by atoms with van der Waals surface area (Å²) in [5, 5.41) is 3.39. The topological polar surface area (TPSA) is 21.3 Å². The van der Waals surface area contributed by atoms with Crippen LogP contribution >= 0.6 is 0 Å². The van der Waals surface area contributed by atoms with Gasteiger partial charge in [-0.15, -0.1) is 0 Å². The monoisotopic (exact) mass is 205 g/mol. The second-order valence-corrected chi connectivity index (χ2v) is 3.49. The molecule has 0 spiro atoms. The summed E-state index contributed by atoms with van der Waals surface area (Å²) in [5.41, 5.74) is 2.70. The van der Waals surface area contributed by atoms with Gasteiger partial charge in [-0.25, -0.2) is 0 Å². The first-order valence-corrected chi connectivity index (χ1v) is 5.32. The molecule has 1 N–H and O–H groups in total. The summed E-state index contributed by atoms with van der Waals surface area (Å²) in [6, 6.07) is 8.43. The molecule has 1 aromatic rings. The van der Waals surface area contributed by atoms with Crippen LogP contribution in [0.2, 0.25) is 0 Å². The van der Waals surface area contributed by atoms with Gasteiger partial charge < -0.3 is 10.1 Å². The minimum Gasteiger partial charge on any atom is -0.502 e. The van der Waals surface area contributed by atoms with Crippen LogP contribution in [0.25, 0.3) is 0 Å². The lowest BCUT2D eigenvalue weighted by Crippen LogP contribution is -2.16. The summed E-state index contributed by atoms with van der Waals surface area (Å²) < 4.78 is 5.03. The molecule has 0 aliphatic carbocycles. The SMILES string of the molecule is C=COCCCNCc1ccccc1C. The van der Waals surface area contributed by atoms with E-state index in [-0.39, 0.29) is 0 Å². The Morgan fingerprint density at radius 2 is 2.20 bits per heavy atom. The van der Waals surface area contributed by atoms with Crippen LogP contribution in [0.5, 0.6) is 0 Å². The van der Waals surface area contributed by atoms with E-state index in [1.165, 1.54) is 17.4 Å². The van der Waals surface area contributed by atoms with Crippen LogP contribution in [0.3, 0.4) is 0 Å². The highest BCUT2D eigenvalue weighted by atomic mass is 16.5. The van der Waals surface area contributed by atoms with Gasteiger partial charge in [-0.1, -0.05) is 30.8 Å². The second kappa shape index (κ2) is 7.07. The largest absolute Gasteiger partial charge is 0.502 e. The van der Waals surface area contributed by atoms with E-state index in [4.69, 9.17) is 4.74 Å². The van der Waals surface area contributed by atoms with Crippen molar-refractivity contribution in [2.75, 3.05) is 13.2 Å². The van der Waals surface area contributed by atoms with Gasteiger partial charge in [-0.05, 0) is 31.0 Å². The quantitative estimate of drug-likeness (QED) is 0.546. The summed E-state index contributed by atoms with van der Waals surface area (Å²) in [4.78, 5) is 0. The molecule has 0 radical (unpaired) electrons.